The lowest BCUT2D eigenvalue weighted by molar-refractivity contribution is -0.131. The molecule has 0 radical (unpaired) electrons. The summed E-state index contributed by atoms with van der Waals surface area (Å²) in [4.78, 5) is 48.4. The fourth-order valence-corrected chi connectivity index (χ4v) is 8.94. The zero-order valence-electron chi connectivity index (χ0n) is 31.5. The number of ether oxygens (including phenoxy) is 1. The number of rotatable bonds is 7. The van der Waals surface area contributed by atoms with Gasteiger partial charge in [-0.15, -0.1) is 0 Å². The minimum atomic E-state index is -3.65. The van der Waals surface area contributed by atoms with Gasteiger partial charge in [0.25, 0.3) is 0 Å². The Bertz CT molecular complexity index is 2250. The van der Waals surface area contributed by atoms with Crippen molar-refractivity contribution in [2.45, 2.75) is 87.6 Å². The fraction of sp³-hybridized carbons (Fsp3) is 0.415. The molecule has 1 aromatic heterocycles. The second-order valence-electron chi connectivity index (χ2n) is 15.8. The Morgan fingerprint density at radius 2 is 1.80 bits per heavy atom. The van der Waals surface area contributed by atoms with E-state index in [1.54, 1.807) is 58.2 Å². The number of fused-ring (bicyclic) bond motifs is 5. The molecule has 2 aliphatic carbocycles. The molecule has 0 spiro atoms. The second-order valence-corrected chi connectivity index (χ2v) is 18.0. The van der Waals surface area contributed by atoms with Crippen molar-refractivity contribution in [1.82, 2.24) is 14.8 Å². The van der Waals surface area contributed by atoms with Crippen molar-refractivity contribution in [3.05, 3.63) is 89.4 Å². The number of nitrogens with one attached hydrogen (secondary N) is 3. The fourth-order valence-electron chi connectivity index (χ4n) is 7.08. The Kier molecular flexibility index (Phi) is 10.5. The summed E-state index contributed by atoms with van der Waals surface area (Å²) < 4.78 is 47.9. The van der Waals surface area contributed by atoms with Crippen LogP contribution in [0.15, 0.2) is 71.8 Å². The number of amides is 4. The molecule has 3 aliphatic rings. The molecule has 4 aromatic rings. The third-order valence-corrected chi connectivity index (χ3v) is 12.7. The number of nitrogens with zero attached hydrogens (tertiary/aromatic N) is 3. The van der Waals surface area contributed by atoms with Gasteiger partial charge in [-0.05, 0) is 112 Å². The number of pyridine rings is 1. The number of carbonyl (C=O) groups is 3. The van der Waals surface area contributed by atoms with Crippen molar-refractivity contribution in [3.8, 4) is 0 Å². The van der Waals surface area contributed by atoms with Crippen LogP contribution >= 0.6 is 0 Å². The van der Waals surface area contributed by atoms with E-state index in [2.05, 4.69) is 20.9 Å². The minimum absolute atomic E-state index is 0.0504. The highest BCUT2D eigenvalue weighted by molar-refractivity contribution is 7.92. The van der Waals surface area contributed by atoms with Crippen LogP contribution in [0.3, 0.4) is 0 Å². The molecule has 1 atom stereocenters. The highest BCUT2D eigenvalue weighted by atomic mass is 32.2. The molecule has 7 rings (SSSR count). The number of urea groups is 1. The average Bonchev–Trinajstić information content (AvgIpc) is 3.97. The highest BCUT2D eigenvalue weighted by Gasteiger charge is 2.39. The Morgan fingerprint density at radius 3 is 2.51 bits per heavy atom. The number of carbonyl (C=O) groups excluding carboxylic acids is 3. The largest absolute Gasteiger partial charge is 0.444 e. The van der Waals surface area contributed by atoms with E-state index in [0.717, 1.165) is 31.0 Å². The van der Waals surface area contributed by atoms with Crippen molar-refractivity contribution in [2.75, 3.05) is 36.1 Å². The average molecular weight is 771 g/mol. The van der Waals surface area contributed by atoms with Crippen LogP contribution < -0.4 is 16.0 Å². The molecular formula is C41H47FN6O6S. The summed E-state index contributed by atoms with van der Waals surface area (Å²) in [6.45, 7) is 6.20. The number of benzene rings is 3. The lowest BCUT2D eigenvalue weighted by Crippen LogP contribution is -2.41. The number of hydrogen-bond donors (Lipinski definition) is 3. The van der Waals surface area contributed by atoms with Crippen molar-refractivity contribution >= 4 is 55.8 Å². The molecule has 55 heavy (non-hydrogen) atoms. The van der Waals surface area contributed by atoms with E-state index >= 15 is 4.39 Å². The maximum Gasteiger partial charge on any atom is 0.413 e. The van der Waals surface area contributed by atoms with Crippen LogP contribution in [-0.4, -0.2) is 72.2 Å². The topological polar surface area (TPSA) is 150 Å². The summed E-state index contributed by atoms with van der Waals surface area (Å²) in [5, 5.41) is 8.95. The molecule has 3 N–H and O–H groups in total. The quantitative estimate of drug-likeness (QED) is 0.174. The van der Waals surface area contributed by atoms with Crippen LogP contribution in [0.1, 0.15) is 75.6 Å². The Hall–Kier alpha value is -5.24. The first-order valence-electron chi connectivity index (χ1n) is 18.8. The molecule has 3 aromatic carbocycles. The molecule has 2 heterocycles. The van der Waals surface area contributed by atoms with Gasteiger partial charge in [0.1, 0.15) is 23.3 Å². The molecule has 12 nitrogen and oxygen atoms in total. The number of likely N-dealkylation sites (N-methyl/N-ethyl adjacent to an activating group) is 1. The maximum atomic E-state index is 15.3. The number of hydrogen-bond acceptors (Lipinski definition) is 8. The third kappa shape index (κ3) is 8.69. The van der Waals surface area contributed by atoms with Gasteiger partial charge >= 0.3 is 12.1 Å². The van der Waals surface area contributed by atoms with Crippen molar-refractivity contribution < 1.29 is 31.9 Å². The van der Waals surface area contributed by atoms with E-state index < -0.39 is 38.6 Å². The number of anilines is 3. The van der Waals surface area contributed by atoms with Crippen molar-refractivity contribution in [1.29, 1.82) is 0 Å². The standard InChI is InChI=1S/C41H47FN6O6S/c1-41(2,3)54-40(51)46-37-32-15-11-30(21-33(32)34(42)22-43-37)44-36-27-10-6-7-25(19-27)17-18-48(23-26-8-5-9-26)39(50)45-29-12-16-35(55(52,53)31-13-14-31)28(20-29)24-47(4)38(36)49/h6-7,10-12,15-16,19-22,26,31,36,44H,5,8-9,13-14,17-18,23-24H2,1-4H3,(H,45,50)(H,43,46,51). The molecule has 2 fully saturated rings. The lowest BCUT2D eigenvalue weighted by atomic mass is 9.85. The smallest absolute Gasteiger partial charge is 0.413 e. The summed E-state index contributed by atoms with van der Waals surface area (Å²) in [6, 6.07) is 16.0. The Morgan fingerprint density at radius 1 is 1.02 bits per heavy atom. The van der Waals surface area contributed by atoms with Crippen molar-refractivity contribution in [3.63, 3.8) is 0 Å². The van der Waals surface area contributed by atoms with Crippen LogP contribution in [0.25, 0.3) is 10.8 Å². The molecule has 4 bridgehead atoms. The summed E-state index contributed by atoms with van der Waals surface area (Å²) in [5.74, 6) is -0.439. The van der Waals surface area contributed by atoms with Gasteiger partial charge in [-0.2, -0.15) is 0 Å². The first-order valence-corrected chi connectivity index (χ1v) is 20.3. The van der Waals surface area contributed by atoms with Crippen LogP contribution in [0, 0.1) is 11.7 Å². The van der Waals surface area contributed by atoms with Gasteiger partial charge in [-0.1, -0.05) is 30.7 Å². The Balaban J connectivity index is 1.26. The molecule has 0 saturated heterocycles. The van der Waals surface area contributed by atoms with E-state index in [1.165, 1.54) is 11.0 Å². The first kappa shape index (κ1) is 38.1. The molecule has 4 amide bonds. The third-order valence-electron chi connectivity index (χ3n) is 10.3. The molecule has 1 unspecified atom stereocenters. The molecular weight excluding hydrogens is 724 g/mol. The number of aromatic nitrogens is 1. The molecule has 2 saturated carbocycles. The maximum absolute atomic E-state index is 15.3. The summed E-state index contributed by atoms with van der Waals surface area (Å²) in [7, 11) is -2.05. The van der Waals surface area contributed by atoms with Crippen LogP contribution in [-0.2, 0) is 32.3 Å². The monoisotopic (exact) mass is 770 g/mol. The van der Waals surface area contributed by atoms with E-state index in [4.69, 9.17) is 4.74 Å². The van der Waals surface area contributed by atoms with E-state index in [0.29, 0.717) is 66.2 Å². The summed E-state index contributed by atoms with van der Waals surface area (Å²) >= 11 is 0. The highest BCUT2D eigenvalue weighted by Crippen LogP contribution is 2.37. The SMILES string of the molecule is CN1Cc2cc(ccc2S(=O)(=O)C2CC2)NC(=O)N(CC2CCC2)CCc2cccc(c2)C(Nc2ccc3c(NC(=O)OC(C)(C)C)ncc(F)c3c2)C1=O. The van der Waals surface area contributed by atoms with Gasteiger partial charge in [0.05, 0.1) is 16.3 Å². The Labute approximate surface area is 320 Å². The zero-order valence-corrected chi connectivity index (χ0v) is 32.3. The van der Waals surface area contributed by atoms with Gasteiger partial charge in [0.15, 0.2) is 9.84 Å². The van der Waals surface area contributed by atoms with E-state index in [1.807, 2.05) is 29.2 Å². The minimum Gasteiger partial charge on any atom is -0.444 e. The van der Waals surface area contributed by atoms with Crippen LogP contribution in [0.5, 0.6) is 0 Å². The van der Waals surface area contributed by atoms with Gasteiger partial charge in [-0.3, -0.25) is 10.1 Å². The van der Waals surface area contributed by atoms with Crippen LogP contribution in [0.2, 0.25) is 0 Å². The van der Waals surface area contributed by atoms with E-state index in [9.17, 15) is 22.8 Å². The predicted molar refractivity (Wildman–Crippen MR) is 209 cm³/mol. The van der Waals surface area contributed by atoms with Crippen LogP contribution in [0.4, 0.5) is 31.2 Å². The second kappa shape index (κ2) is 15.1. The van der Waals surface area contributed by atoms with Gasteiger partial charge in [0, 0.05) is 48.8 Å². The van der Waals surface area contributed by atoms with Gasteiger partial charge in [-0.25, -0.2) is 27.4 Å². The molecule has 290 valence electrons. The number of sulfone groups is 1. The zero-order chi connectivity index (χ0) is 39.1. The normalized spacial score (nSPS) is 18.5. The molecule has 1 aliphatic heterocycles. The molecule has 14 heteroatoms. The van der Waals surface area contributed by atoms with Gasteiger partial charge < -0.3 is 25.2 Å². The van der Waals surface area contributed by atoms with Crippen molar-refractivity contribution in [2.24, 2.45) is 5.92 Å². The predicted octanol–water partition coefficient (Wildman–Crippen LogP) is 7.66. The van der Waals surface area contributed by atoms with E-state index in [-0.39, 0.29) is 34.6 Å². The summed E-state index contributed by atoms with van der Waals surface area (Å²) in [5.41, 5.74) is 2.09. The first-order chi connectivity index (χ1) is 26.1. The van der Waals surface area contributed by atoms with Gasteiger partial charge in [0.2, 0.25) is 5.91 Å². The number of halogens is 1. The lowest BCUT2D eigenvalue weighted by Gasteiger charge is -2.32. The summed E-state index contributed by atoms with van der Waals surface area (Å²) in [6.07, 6.45) is 5.25.